The summed E-state index contributed by atoms with van der Waals surface area (Å²) in [6.07, 6.45) is 0. The van der Waals surface area contributed by atoms with E-state index in [4.69, 9.17) is 5.73 Å². The number of nitrogens with two attached hydrogens (primary N) is 1. The highest BCUT2D eigenvalue weighted by Gasteiger charge is 2.11. The van der Waals surface area contributed by atoms with Gasteiger partial charge >= 0.3 is 5.69 Å². The van der Waals surface area contributed by atoms with E-state index in [0.717, 1.165) is 5.56 Å². The molecule has 0 saturated carbocycles. The van der Waals surface area contributed by atoms with E-state index in [1.165, 1.54) is 27.1 Å². The van der Waals surface area contributed by atoms with Crippen LogP contribution in [0.15, 0.2) is 52.4 Å². The van der Waals surface area contributed by atoms with Crippen LogP contribution in [0.4, 0.5) is 0 Å². The minimum Gasteiger partial charge on any atom is -0.323 e. The molecule has 0 aliphatic heterocycles. The molecule has 0 saturated heterocycles. The van der Waals surface area contributed by atoms with Crippen molar-refractivity contribution in [2.24, 2.45) is 12.8 Å². The average Bonchev–Trinajstić information content (AvgIpc) is 2.84. The summed E-state index contributed by atoms with van der Waals surface area (Å²) in [6.45, 7) is 0. The lowest BCUT2D eigenvalue weighted by Gasteiger charge is -2.12. The Balaban J connectivity index is 1.76. The number of hydrogen-bond donors (Lipinski definition) is 2. The van der Waals surface area contributed by atoms with Crippen molar-refractivity contribution in [3.8, 4) is 0 Å². The molecule has 1 unspecified atom stereocenters. The highest BCUT2D eigenvalue weighted by atomic mass is 32.2. The number of aromatic nitrogens is 3. The van der Waals surface area contributed by atoms with Crippen LogP contribution in [0.5, 0.6) is 0 Å². The van der Waals surface area contributed by atoms with Crippen molar-refractivity contribution < 1.29 is 0 Å². The molecule has 0 aliphatic carbocycles. The van der Waals surface area contributed by atoms with E-state index >= 15 is 0 Å². The number of nitrogens with zero attached hydrogens (tertiary/aromatic N) is 2. The molecule has 3 N–H and O–H groups in total. The molecule has 0 bridgehead atoms. The lowest BCUT2D eigenvalue weighted by Crippen LogP contribution is -2.15. The van der Waals surface area contributed by atoms with Crippen LogP contribution in [0.25, 0.3) is 10.8 Å². The number of aromatic amines is 1. The van der Waals surface area contributed by atoms with Crippen LogP contribution in [-0.2, 0) is 7.05 Å². The quantitative estimate of drug-likeness (QED) is 0.723. The predicted molar refractivity (Wildman–Crippen MR) is 85.4 cm³/mol. The van der Waals surface area contributed by atoms with Crippen LogP contribution in [0, 0.1) is 0 Å². The lowest BCUT2D eigenvalue weighted by atomic mass is 10.0. The standard InChI is InChI=1S/C15H16N4OS/c1-19-14(20)17-18-15(19)21-9-13(16)12-7-6-10-4-2-3-5-11(10)8-12/h2-8,13H,9,16H2,1H3,(H,17,20). The SMILES string of the molecule is Cn1c(SCC(N)c2ccc3ccccc3c2)n[nH]c1=O. The average molecular weight is 300 g/mol. The minimum absolute atomic E-state index is 0.105. The molecule has 21 heavy (non-hydrogen) atoms. The maximum Gasteiger partial charge on any atom is 0.343 e. The number of hydrogen-bond acceptors (Lipinski definition) is 4. The first-order valence-electron chi connectivity index (χ1n) is 6.63. The Hall–Kier alpha value is -2.05. The van der Waals surface area contributed by atoms with E-state index in [1.54, 1.807) is 7.05 Å². The zero-order valence-electron chi connectivity index (χ0n) is 11.6. The van der Waals surface area contributed by atoms with Gasteiger partial charge < -0.3 is 5.73 Å². The van der Waals surface area contributed by atoms with Crippen molar-refractivity contribution in [1.82, 2.24) is 14.8 Å². The number of thioether (sulfide) groups is 1. The Kier molecular flexibility index (Phi) is 3.81. The Morgan fingerprint density at radius 3 is 2.76 bits per heavy atom. The van der Waals surface area contributed by atoms with Crippen LogP contribution in [0.2, 0.25) is 0 Å². The Morgan fingerprint density at radius 1 is 1.29 bits per heavy atom. The summed E-state index contributed by atoms with van der Waals surface area (Å²) in [7, 11) is 1.69. The van der Waals surface area contributed by atoms with E-state index in [1.807, 2.05) is 12.1 Å². The van der Waals surface area contributed by atoms with Crippen LogP contribution in [0.1, 0.15) is 11.6 Å². The fourth-order valence-corrected chi connectivity index (χ4v) is 3.07. The minimum atomic E-state index is -0.211. The van der Waals surface area contributed by atoms with Gasteiger partial charge in [0.2, 0.25) is 0 Å². The van der Waals surface area contributed by atoms with Crippen LogP contribution < -0.4 is 11.4 Å². The van der Waals surface area contributed by atoms with E-state index < -0.39 is 0 Å². The molecule has 0 fully saturated rings. The van der Waals surface area contributed by atoms with E-state index in [-0.39, 0.29) is 11.7 Å². The number of H-pyrrole nitrogens is 1. The molecule has 0 spiro atoms. The third kappa shape index (κ3) is 2.86. The molecule has 1 atom stereocenters. The van der Waals surface area contributed by atoms with Crippen molar-refractivity contribution in [2.45, 2.75) is 11.2 Å². The van der Waals surface area contributed by atoms with Crippen molar-refractivity contribution in [2.75, 3.05) is 5.75 Å². The van der Waals surface area contributed by atoms with Crippen LogP contribution in [-0.4, -0.2) is 20.5 Å². The van der Waals surface area contributed by atoms with Crippen LogP contribution >= 0.6 is 11.8 Å². The molecule has 0 radical (unpaired) electrons. The number of fused-ring (bicyclic) bond motifs is 1. The second-order valence-electron chi connectivity index (χ2n) is 4.89. The van der Waals surface area contributed by atoms with Crippen molar-refractivity contribution in [3.05, 3.63) is 58.5 Å². The van der Waals surface area contributed by atoms with Gasteiger partial charge in [0.15, 0.2) is 5.16 Å². The summed E-state index contributed by atoms with van der Waals surface area (Å²) in [5, 5.41) is 9.42. The van der Waals surface area contributed by atoms with Gasteiger partial charge in [-0.3, -0.25) is 4.57 Å². The highest BCUT2D eigenvalue weighted by Crippen LogP contribution is 2.23. The highest BCUT2D eigenvalue weighted by molar-refractivity contribution is 7.99. The van der Waals surface area contributed by atoms with E-state index in [0.29, 0.717) is 10.9 Å². The third-order valence-corrected chi connectivity index (χ3v) is 4.58. The van der Waals surface area contributed by atoms with Crippen molar-refractivity contribution in [3.63, 3.8) is 0 Å². The van der Waals surface area contributed by atoms with Gasteiger partial charge in [-0.05, 0) is 22.4 Å². The zero-order valence-corrected chi connectivity index (χ0v) is 12.4. The van der Waals surface area contributed by atoms with Crippen molar-refractivity contribution >= 4 is 22.5 Å². The smallest absolute Gasteiger partial charge is 0.323 e. The van der Waals surface area contributed by atoms with E-state index in [2.05, 4.69) is 40.5 Å². The molecular formula is C15H16N4OS. The van der Waals surface area contributed by atoms with Gasteiger partial charge in [0.1, 0.15) is 0 Å². The molecule has 6 heteroatoms. The summed E-state index contributed by atoms with van der Waals surface area (Å²) in [4.78, 5) is 11.3. The first kappa shape index (κ1) is 13.9. The number of nitrogens with one attached hydrogen (secondary N) is 1. The molecule has 1 heterocycles. The largest absolute Gasteiger partial charge is 0.343 e. The summed E-state index contributed by atoms with van der Waals surface area (Å²) in [5.41, 5.74) is 7.12. The fraction of sp³-hybridized carbons (Fsp3) is 0.200. The molecule has 3 rings (SSSR count). The second kappa shape index (κ2) is 5.75. The number of benzene rings is 2. The topological polar surface area (TPSA) is 76.7 Å². The molecule has 2 aromatic carbocycles. The van der Waals surface area contributed by atoms with Gasteiger partial charge in [-0.25, -0.2) is 9.89 Å². The Bertz CT molecular complexity index is 824. The molecular weight excluding hydrogens is 284 g/mol. The zero-order chi connectivity index (χ0) is 14.8. The van der Waals surface area contributed by atoms with Gasteiger partial charge in [-0.15, -0.1) is 5.10 Å². The molecule has 0 aliphatic rings. The predicted octanol–water partition coefficient (Wildman–Crippen LogP) is 2.05. The van der Waals surface area contributed by atoms with Gasteiger partial charge in [0, 0.05) is 18.8 Å². The summed E-state index contributed by atoms with van der Waals surface area (Å²) >= 11 is 1.47. The lowest BCUT2D eigenvalue weighted by molar-refractivity contribution is 0.759. The van der Waals surface area contributed by atoms with Crippen molar-refractivity contribution in [1.29, 1.82) is 0 Å². The van der Waals surface area contributed by atoms with Gasteiger partial charge in [0.25, 0.3) is 0 Å². The maximum absolute atomic E-state index is 11.3. The molecule has 0 amide bonds. The fourth-order valence-electron chi connectivity index (χ4n) is 2.16. The molecule has 1 aromatic heterocycles. The summed E-state index contributed by atoms with van der Waals surface area (Å²) < 4.78 is 1.48. The first-order valence-corrected chi connectivity index (χ1v) is 7.62. The van der Waals surface area contributed by atoms with E-state index in [9.17, 15) is 4.79 Å². The molecule has 108 valence electrons. The summed E-state index contributed by atoms with van der Waals surface area (Å²) in [5.74, 6) is 0.663. The Morgan fingerprint density at radius 2 is 2.05 bits per heavy atom. The summed E-state index contributed by atoms with van der Waals surface area (Å²) in [6, 6.07) is 14.4. The third-order valence-electron chi connectivity index (χ3n) is 3.43. The van der Waals surface area contributed by atoms with Crippen LogP contribution in [0.3, 0.4) is 0 Å². The second-order valence-corrected chi connectivity index (χ2v) is 5.88. The Labute approximate surface area is 126 Å². The molecule has 3 aromatic rings. The van der Waals surface area contributed by atoms with Gasteiger partial charge in [-0.2, -0.15) is 0 Å². The maximum atomic E-state index is 11.3. The first-order chi connectivity index (χ1) is 10.1. The molecule has 5 nitrogen and oxygen atoms in total. The number of rotatable bonds is 4. The normalized spacial score (nSPS) is 12.7. The van der Waals surface area contributed by atoms with Gasteiger partial charge in [0.05, 0.1) is 0 Å². The van der Waals surface area contributed by atoms with Gasteiger partial charge in [-0.1, -0.05) is 48.2 Å². The monoisotopic (exact) mass is 300 g/mol.